The van der Waals surface area contributed by atoms with Crippen LogP contribution >= 0.6 is 0 Å². The maximum absolute atomic E-state index is 12.2. The number of aliphatic hydroxyl groups is 1. The van der Waals surface area contributed by atoms with E-state index in [0.29, 0.717) is 16.8 Å². The second-order valence-electron chi connectivity index (χ2n) is 5.49. The molecular formula is C18H18F3NO2. The zero-order chi connectivity index (χ0) is 17.6. The molecule has 0 bridgehead atoms. The first-order valence-electron chi connectivity index (χ1n) is 7.52. The molecule has 2 rings (SSSR count). The van der Waals surface area contributed by atoms with Crippen molar-refractivity contribution < 1.29 is 23.1 Å². The number of amides is 1. The number of nitrogens with one attached hydrogen (secondary N) is 1. The summed E-state index contributed by atoms with van der Waals surface area (Å²) in [5, 5.41) is 12.6. The van der Waals surface area contributed by atoms with E-state index >= 15 is 0 Å². The van der Waals surface area contributed by atoms with E-state index in [1.807, 2.05) is 6.07 Å². The molecule has 0 spiro atoms. The quantitative estimate of drug-likeness (QED) is 0.828. The summed E-state index contributed by atoms with van der Waals surface area (Å²) in [5.41, 5.74) is 1.68. The lowest BCUT2D eigenvalue weighted by molar-refractivity contribution is -0.134. The van der Waals surface area contributed by atoms with Crippen LogP contribution in [0.15, 0.2) is 54.6 Å². The minimum absolute atomic E-state index is 0.0928. The van der Waals surface area contributed by atoms with Gasteiger partial charge in [0.25, 0.3) is 0 Å². The number of carbonyl (C=O) groups excluding carboxylic acids is 1. The summed E-state index contributed by atoms with van der Waals surface area (Å²) >= 11 is 0. The van der Waals surface area contributed by atoms with Crippen molar-refractivity contribution in [1.82, 2.24) is 0 Å². The number of alkyl halides is 3. The molecule has 128 valence electrons. The molecule has 1 amide bonds. The molecule has 0 aliphatic rings. The second kappa shape index (κ2) is 7.97. The molecule has 1 atom stereocenters. The molecule has 2 N–H and O–H groups in total. The van der Waals surface area contributed by atoms with Gasteiger partial charge in [0, 0.05) is 12.1 Å². The number of halogens is 3. The van der Waals surface area contributed by atoms with Gasteiger partial charge in [-0.2, -0.15) is 13.2 Å². The van der Waals surface area contributed by atoms with Gasteiger partial charge in [-0.15, -0.1) is 0 Å². The van der Waals surface area contributed by atoms with Crippen LogP contribution in [-0.2, 0) is 11.2 Å². The normalized spacial score (nSPS) is 12.7. The van der Waals surface area contributed by atoms with Gasteiger partial charge in [0.2, 0.25) is 5.91 Å². The predicted octanol–water partition coefficient (Wildman–Crippen LogP) is 4.24. The number of rotatable bonds is 6. The average Bonchev–Trinajstić information content (AvgIpc) is 2.54. The van der Waals surface area contributed by atoms with Gasteiger partial charge in [0.05, 0.1) is 12.5 Å². The average molecular weight is 337 g/mol. The lowest BCUT2D eigenvalue weighted by Gasteiger charge is -2.12. The van der Waals surface area contributed by atoms with Gasteiger partial charge in [-0.05, 0) is 29.7 Å². The van der Waals surface area contributed by atoms with Crippen molar-refractivity contribution in [1.29, 1.82) is 0 Å². The van der Waals surface area contributed by atoms with E-state index in [0.717, 1.165) is 0 Å². The molecule has 1 unspecified atom stereocenters. The lowest BCUT2D eigenvalue weighted by atomic mass is 10.1. The number of carbonyl (C=O) groups is 1. The van der Waals surface area contributed by atoms with Gasteiger partial charge in [-0.25, -0.2) is 0 Å². The van der Waals surface area contributed by atoms with E-state index in [4.69, 9.17) is 0 Å². The monoisotopic (exact) mass is 337 g/mol. The molecule has 0 radical (unpaired) electrons. The van der Waals surface area contributed by atoms with Gasteiger partial charge in [0.15, 0.2) is 0 Å². The Balaban J connectivity index is 1.85. The molecule has 0 aliphatic carbocycles. The minimum Gasteiger partial charge on any atom is -0.388 e. The standard InChI is InChI=1S/C18H18F3NO2/c19-18(20,21)11-10-13-6-8-15(9-7-13)22-17(24)12-16(23)14-4-2-1-3-5-14/h1-9,16,23H,10-12H2,(H,22,24). The molecule has 0 aliphatic heterocycles. The maximum atomic E-state index is 12.2. The fourth-order valence-electron chi connectivity index (χ4n) is 2.22. The molecule has 3 nitrogen and oxygen atoms in total. The van der Waals surface area contributed by atoms with Crippen molar-refractivity contribution in [3.63, 3.8) is 0 Å². The van der Waals surface area contributed by atoms with Gasteiger partial charge in [-0.1, -0.05) is 42.5 Å². The summed E-state index contributed by atoms with van der Waals surface area (Å²) in [7, 11) is 0. The topological polar surface area (TPSA) is 49.3 Å². The molecule has 0 saturated heterocycles. The highest BCUT2D eigenvalue weighted by Gasteiger charge is 2.26. The zero-order valence-corrected chi connectivity index (χ0v) is 12.9. The van der Waals surface area contributed by atoms with Crippen molar-refractivity contribution >= 4 is 11.6 Å². The zero-order valence-electron chi connectivity index (χ0n) is 12.9. The van der Waals surface area contributed by atoms with Crippen molar-refractivity contribution in [2.24, 2.45) is 0 Å². The first-order chi connectivity index (χ1) is 11.3. The molecule has 0 fully saturated rings. The van der Waals surface area contributed by atoms with Crippen LogP contribution in [0, 0.1) is 0 Å². The van der Waals surface area contributed by atoms with Gasteiger partial charge >= 0.3 is 6.18 Å². The second-order valence-corrected chi connectivity index (χ2v) is 5.49. The fraction of sp³-hybridized carbons (Fsp3) is 0.278. The molecule has 24 heavy (non-hydrogen) atoms. The van der Waals surface area contributed by atoms with Crippen LogP contribution in [0.2, 0.25) is 0 Å². The van der Waals surface area contributed by atoms with E-state index in [2.05, 4.69) is 5.32 Å². The van der Waals surface area contributed by atoms with Crippen LogP contribution < -0.4 is 5.32 Å². The van der Waals surface area contributed by atoms with Crippen LogP contribution in [-0.4, -0.2) is 17.2 Å². The lowest BCUT2D eigenvalue weighted by Crippen LogP contribution is -2.15. The Morgan fingerprint density at radius 2 is 1.67 bits per heavy atom. The third-order valence-corrected chi connectivity index (χ3v) is 3.50. The Hall–Kier alpha value is -2.34. The van der Waals surface area contributed by atoms with Crippen molar-refractivity contribution in [2.45, 2.75) is 31.5 Å². The van der Waals surface area contributed by atoms with Crippen molar-refractivity contribution in [3.8, 4) is 0 Å². The summed E-state index contributed by atoms with van der Waals surface area (Å²) in [4.78, 5) is 11.9. The SMILES string of the molecule is O=C(CC(O)c1ccccc1)Nc1ccc(CCC(F)(F)F)cc1. The van der Waals surface area contributed by atoms with Crippen molar-refractivity contribution in [2.75, 3.05) is 5.32 Å². The first-order valence-corrected chi connectivity index (χ1v) is 7.52. The van der Waals surface area contributed by atoms with Crippen LogP contribution in [0.4, 0.5) is 18.9 Å². The highest BCUT2D eigenvalue weighted by Crippen LogP contribution is 2.23. The summed E-state index contributed by atoms with van der Waals surface area (Å²) in [6.45, 7) is 0. The Bertz CT molecular complexity index is 654. The third-order valence-electron chi connectivity index (χ3n) is 3.50. The Morgan fingerprint density at radius 3 is 2.25 bits per heavy atom. The first kappa shape index (κ1) is 18.0. The fourth-order valence-corrected chi connectivity index (χ4v) is 2.22. The smallest absolute Gasteiger partial charge is 0.388 e. The van der Waals surface area contributed by atoms with E-state index in [1.54, 1.807) is 48.5 Å². The van der Waals surface area contributed by atoms with Crippen molar-refractivity contribution in [3.05, 3.63) is 65.7 Å². The third kappa shape index (κ3) is 6.04. The highest BCUT2D eigenvalue weighted by atomic mass is 19.4. The molecular weight excluding hydrogens is 319 g/mol. The van der Waals surface area contributed by atoms with Crippen LogP contribution in [0.5, 0.6) is 0 Å². The number of aryl methyl sites for hydroxylation is 1. The summed E-state index contributed by atoms with van der Waals surface area (Å²) < 4.78 is 36.5. The van der Waals surface area contributed by atoms with E-state index < -0.39 is 18.7 Å². The van der Waals surface area contributed by atoms with Gasteiger partial charge < -0.3 is 10.4 Å². The van der Waals surface area contributed by atoms with E-state index in [9.17, 15) is 23.1 Å². The molecule has 0 saturated carbocycles. The Morgan fingerprint density at radius 1 is 1.04 bits per heavy atom. The highest BCUT2D eigenvalue weighted by molar-refractivity contribution is 5.91. The Kier molecular flexibility index (Phi) is 5.98. The van der Waals surface area contributed by atoms with E-state index in [1.165, 1.54) is 0 Å². The molecule has 6 heteroatoms. The van der Waals surface area contributed by atoms with Crippen LogP contribution in [0.3, 0.4) is 0 Å². The predicted molar refractivity (Wildman–Crippen MR) is 85.5 cm³/mol. The number of anilines is 1. The molecule has 0 aromatic heterocycles. The van der Waals surface area contributed by atoms with Crippen LogP contribution in [0.25, 0.3) is 0 Å². The molecule has 0 heterocycles. The minimum atomic E-state index is -4.18. The number of hydrogen-bond donors (Lipinski definition) is 2. The summed E-state index contributed by atoms with van der Waals surface area (Å²) in [5.74, 6) is -0.366. The number of benzene rings is 2. The van der Waals surface area contributed by atoms with E-state index in [-0.39, 0.29) is 18.7 Å². The summed E-state index contributed by atoms with van der Waals surface area (Å²) in [6.07, 6.45) is -6.15. The van der Waals surface area contributed by atoms with Crippen LogP contribution in [0.1, 0.15) is 30.1 Å². The number of aliphatic hydroxyl groups excluding tert-OH is 1. The number of hydrogen-bond acceptors (Lipinski definition) is 2. The summed E-state index contributed by atoms with van der Waals surface area (Å²) in [6, 6.07) is 15.0. The Labute approximate surface area is 138 Å². The molecule has 2 aromatic carbocycles. The molecule has 2 aromatic rings. The van der Waals surface area contributed by atoms with Gasteiger partial charge in [0.1, 0.15) is 0 Å². The van der Waals surface area contributed by atoms with Gasteiger partial charge in [-0.3, -0.25) is 4.79 Å². The maximum Gasteiger partial charge on any atom is 0.389 e. The largest absolute Gasteiger partial charge is 0.389 e.